The molecule has 0 fully saturated rings. The van der Waals surface area contributed by atoms with Crippen molar-refractivity contribution in [1.82, 2.24) is 9.78 Å². The summed E-state index contributed by atoms with van der Waals surface area (Å²) in [5, 5.41) is 5.17. The summed E-state index contributed by atoms with van der Waals surface area (Å²) in [5.74, 6) is 0. The van der Waals surface area contributed by atoms with Crippen molar-refractivity contribution in [3.05, 3.63) is 87.2 Å². The molecule has 1 aromatic heterocycles. The van der Waals surface area contributed by atoms with E-state index in [0.717, 1.165) is 23.2 Å². The molecule has 0 aliphatic carbocycles. The van der Waals surface area contributed by atoms with Gasteiger partial charge in [-0.1, -0.05) is 54.9 Å². The number of hydrogen-bond donors (Lipinski definition) is 0. The standard InChI is InChI=1S/C19H17ClN2O/c1-2-14-3-7-16(8-4-14)18-11-12-19(23)22(21-18)13-15-5-9-17(20)10-6-15/h3-12H,2,13H2,1H3. The Morgan fingerprint density at radius 3 is 2.22 bits per heavy atom. The fourth-order valence-corrected chi connectivity index (χ4v) is 2.52. The SMILES string of the molecule is CCc1ccc(-c2ccc(=O)n(Cc3ccc(Cl)cc3)n2)cc1. The first-order chi connectivity index (χ1) is 11.2. The molecule has 0 bridgehead atoms. The highest BCUT2D eigenvalue weighted by Gasteiger charge is 2.05. The number of rotatable bonds is 4. The first-order valence-corrected chi connectivity index (χ1v) is 7.95. The minimum Gasteiger partial charge on any atom is -0.268 e. The van der Waals surface area contributed by atoms with Crippen LogP contribution in [-0.2, 0) is 13.0 Å². The molecule has 1 heterocycles. The zero-order chi connectivity index (χ0) is 16.2. The fourth-order valence-electron chi connectivity index (χ4n) is 2.39. The Morgan fingerprint density at radius 2 is 1.57 bits per heavy atom. The number of benzene rings is 2. The quantitative estimate of drug-likeness (QED) is 0.721. The van der Waals surface area contributed by atoms with Gasteiger partial charge in [-0.2, -0.15) is 5.10 Å². The predicted octanol–water partition coefficient (Wildman–Crippen LogP) is 4.17. The monoisotopic (exact) mass is 324 g/mol. The van der Waals surface area contributed by atoms with E-state index in [-0.39, 0.29) is 5.56 Å². The molecule has 0 amide bonds. The second-order valence-electron chi connectivity index (χ2n) is 5.39. The van der Waals surface area contributed by atoms with Gasteiger partial charge >= 0.3 is 0 Å². The molecule has 0 radical (unpaired) electrons. The lowest BCUT2D eigenvalue weighted by Gasteiger charge is -2.08. The van der Waals surface area contributed by atoms with Crippen LogP contribution in [0.25, 0.3) is 11.3 Å². The Morgan fingerprint density at radius 1 is 0.913 bits per heavy atom. The molecule has 2 aromatic carbocycles. The summed E-state index contributed by atoms with van der Waals surface area (Å²) in [6.07, 6.45) is 1.00. The van der Waals surface area contributed by atoms with E-state index >= 15 is 0 Å². The molecule has 3 aromatic rings. The van der Waals surface area contributed by atoms with E-state index in [1.54, 1.807) is 12.1 Å². The average molecular weight is 325 g/mol. The summed E-state index contributed by atoms with van der Waals surface area (Å²) in [4.78, 5) is 12.0. The summed E-state index contributed by atoms with van der Waals surface area (Å²) >= 11 is 5.89. The van der Waals surface area contributed by atoms with Gasteiger partial charge in [0.05, 0.1) is 12.2 Å². The molecular weight excluding hydrogens is 308 g/mol. The van der Waals surface area contributed by atoms with E-state index in [9.17, 15) is 4.79 Å². The van der Waals surface area contributed by atoms with Crippen LogP contribution in [0.15, 0.2) is 65.5 Å². The minimum absolute atomic E-state index is 0.117. The van der Waals surface area contributed by atoms with Crippen LogP contribution < -0.4 is 5.56 Å². The summed E-state index contributed by atoms with van der Waals surface area (Å²) < 4.78 is 1.48. The molecule has 0 aliphatic rings. The lowest BCUT2D eigenvalue weighted by atomic mass is 10.1. The highest BCUT2D eigenvalue weighted by molar-refractivity contribution is 6.30. The zero-order valence-electron chi connectivity index (χ0n) is 12.9. The Kier molecular flexibility index (Phi) is 4.58. The minimum atomic E-state index is -0.117. The third-order valence-electron chi connectivity index (χ3n) is 3.77. The van der Waals surface area contributed by atoms with E-state index in [4.69, 9.17) is 11.6 Å². The van der Waals surface area contributed by atoms with Crippen molar-refractivity contribution in [2.75, 3.05) is 0 Å². The first kappa shape index (κ1) is 15.5. The summed E-state index contributed by atoms with van der Waals surface area (Å²) in [7, 11) is 0. The van der Waals surface area contributed by atoms with Gasteiger partial charge in [0.2, 0.25) is 0 Å². The van der Waals surface area contributed by atoms with Crippen LogP contribution in [-0.4, -0.2) is 9.78 Å². The molecule has 0 atom stereocenters. The number of halogens is 1. The molecule has 0 unspecified atom stereocenters. The Labute approximate surface area is 140 Å². The Bertz CT molecular complexity index is 852. The maximum absolute atomic E-state index is 12.0. The van der Waals surface area contributed by atoms with Gasteiger partial charge < -0.3 is 0 Å². The van der Waals surface area contributed by atoms with Crippen molar-refractivity contribution in [1.29, 1.82) is 0 Å². The largest absolute Gasteiger partial charge is 0.268 e. The van der Waals surface area contributed by atoms with E-state index in [1.807, 2.05) is 36.4 Å². The van der Waals surface area contributed by atoms with Crippen molar-refractivity contribution in [3.63, 3.8) is 0 Å². The molecule has 116 valence electrons. The highest BCUT2D eigenvalue weighted by Crippen LogP contribution is 2.17. The number of aromatic nitrogens is 2. The topological polar surface area (TPSA) is 34.9 Å². The smallest absolute Gasteiger partial charge is 0.267 e. The lowest BCUT2D eigenvalue weighted by molar-refractivity contribution is 0.643. The van der Waals surface area contributed by atoms with Crippen LogP contribution in [0, 0.1) is 0 Å². The van der Waals surface area contributed by atoms with Crippen LogP contribution in [0.1, 0.15) is 18.1 Å². The van der Waals surface area contributed by atoms with Gasteiger partial charge in [0.1, 0.15) is 0 Å². The molecule has 3 nitrogen and oxygen atoms in total. The molecule has 23 heavy (non-hydrogen) atoms. The summed E-state index contributed by atoms with van der Waals surface area (Å²) in [5.41, 5.74) is 3.95. The van der Waals surface area contributed by atoms with Gasteiger partial charge in [0, 0.05) is 16.7 Å². The van der Waals surface area contributed by atoms with Crippen LogP contribution in [0.4, 0.5) is 0 Å². The summed E-state index contributed by atoms with van der Waals surface area (Å²) in [6, 6.07) is 19.0. The van der Waals surface area contributed by atoms with Crippen molar-refractivity contribution in [2.24, 2.45) is 0 Å². The molecule has 0 spiro atoms. The second-order valence-corrected chi connectivity index (χ2v) is 5.83. The van der Waals surface area contributed by atoms with Crippen molar-refractivity contribution in [2.45, 2.75) is 19.9 Å². The van der Waals surface area contributed by atoms with E-state index in [0.29, 0.717) is 11.6 Å². The van der Waals surface area contributed by atoms with Gasteiger partial charge in [0.15, 0.2) is 0 Å². The fraction of sp³-hybridized carbons (Fsp3) is 0.158. The molecule has 3 rings (SSSR count). The van der Waals surface area contributed by atoms with Crippen molar-refractivity contribution < 1.29 is 0 Å². The van der Waals surface area contributed by atoms with Crippen LogP contribution in [0.3, 0.4) is 0 Å². The van der Waals surface area contributed by atoms with Gasteiger partial charge in [-0.05, 0) is 35.7 Å². The van der Waals surface area contributed by atoms with E-state index < -0.39 is 0 Å². The van der Waals surface area contributed by atoms with Crippen LogP contribution >= 0.6 is 11.6 Å². The highest BCUT2D eigenvalue weighted by atomic mass is 35.5. The van der Waals surface area contributed by atoms with E-state index in [1.165, 1.54) is 10.2 Å². The van der Waals surface area contributed by atoms with Crippen LogP contribution in [0.2, 0.25) is 5.02 Å². The maximum atomic E-state index is 12.0. The van der Waals surface area contributed by atoms with Crippen molar-refractivity contribution >= 4 is 11.6 Å². The Balaban J connectivity index is 1.91. The van der Waals surface area contributed by atoms with Gasteiger partial charge in [0.25, 0.3) is 5.56 Å². The van der Waals surface area contributed by atoms with Gasteiger partial charge in [-0.15, -0.1) is 0 Å². The number of aryl methyl sites for hydroxylation is 1. The third-order valence-corrected chi connectivity index (χ3v) is 4.02. The zero-order valence-corrected chi connectivity index (χ0v) is 13.6. The molecule has 0 saturated carbocycles. The van der Waals surface area contributed by atoms with Crippen LogP contribution in [0.5, 0.6) is 0 Å². The third kappa shape index (κ3) is 3.69. The van der Waals surface area contributed by atoms with Gasteiger partial charge in [-0.25, -0.2) is 4.68 Å². The maximum Gasteiger partial charge on any atom is 0.267 e. The molecule has 0 aliphatic heterocycles. The molecule has 0 saturated heterocycles. The first-order valence-electron chi connectivity index (χ1n) is 7.57. The predicted molar refractivity (Wildman–Crippen MR) is 93.9 cm³/mol. The summed E-state index contributed by atoms with van der Waals surface area (Å²) in [6.45, 7) is 2.55. The molecule has 4 heteroatoms. The van der Waals surface area contributed by atoms with Crippen molar-refractivity contribution in [3.8, 4) is 11.3 Å². The number of nitrogens with zero attached hydrogens (tertiary/aromatic N) is 2. The second kappa shape index (κ2) is 6.80. The molecule has 0 N–H and O–H groups in total. The van der Waals surface area contributed by atoms with E-state index in [2.05, 4.69) is 24.2 Å². The lowest BCUT2D eigenvalue weighted by Crippen LogP contribution is -2.22. The average Bonchev–Trinajstić information content (AvgIpc) is 2.59. The Hall–Kier alpha value is -2.39. The van der Waals surface area contributed by atoms with Gasteiger partial charge in [-0.3, -0.25) is 4.79 Å². The molecular formula is C19H17ClN2O. The normalized spacial score (nSPS) is 10.7. The number of hydrogen-bond acceptors (Lipinski definition) is 2.